The van der Waals surface area contributed by atoms with Gasteiger partial charge in [-0.25, -0.2) is 0 Å². The average Bonchev–Trinajstić information content (AvgIpc) is 2.29. The highest BCUT2D eigenvalue weighted by molar-refractivity contribution is 5.96. The van der Waals surface area contributed by atoms with Crippen LogP contribution in [-0.4, -0.2) is 30.6 Å². The number of hydrogen-bond acceptors (Lipinski definition) is 4. The van der Waals surface area contributed by atoms with Crippen molar-refractivity contribution in [2.75, 3.05) is 13.7 Å². The molecule has 0 radical (unpaired) electrons. The van der Waals surface area contributed by atoms with E-state index in [1.165, 1.54) is 0 Å². The summed E-state index contributed by atoms with van der Waals surface area (Å²) in [4.78, 5) is 11.6. The summed E-state index contributed by atoms with van der Waals surface area (Å²) < 4.78 is 4.98. The second-order valence-corrected chi connectivity index (χ2v) is 3.30. The van der Waals surface area contributed by atoms with Crippen molar-refractivity contribution in [2.45, 2.75) is 12.5 Å². The highest BCUT2D eigenvalue weighted by Gasteiger charge is 2.10. The first kappa shape index (κ1) is 11.7. The van der Waals surface area contributed by atoms with E-state index >= 15 is 0 Å². The number of carbonyl (C=O) groups excluding carboxylic acids is 1. The smallest absolute Gasteiger partial charge is 0.164 e. The molecule has 0 amide bonds. The van der Waals surface area contributed by atoms with Gasteiger partial charge in [0.15, 0.2) is 5.78 Å². The van der Waals surface area contributed by atoms with Crippen LogP contribution < -0.4 is 10.5 Å². The van der Waals surface area contributed by atoms with Crippen LogP contribution in [0.5, 0.6) is 5.75 Å². The Morgan fingerprint density at radius 2 is 2.07 bits per heavy atom. The van der Waals surface area contributed by atoms with Gasteiger partial charge in [0.05, 0.1) is 13.7 Å². The molecule has 0 saturated carbocycles. The first-order valence-electron chi connectivity index (χ1n) is 4.71. The zero-order chi connectivity index (χ0) is 11.3. The van der Waals surface area contributed by atoms with E-state index in [1.54, 1.807) is 31.4 Å². The van der Waals surface area contributed by atoms with Gasteiger partial charge in [-0.05, 0) is 24.3 Å². The molecule has 0 aromatic heterocycles. The maximum Gasteiger partial charge on any atom is 0.164 e. The van der Waals surface area contributed by atoms with Gasteiger partial charge in [0, 0.05) is 18.0 Å². The molecular formula is C11H15NO3. The molecule has 1 aromatic carbocycles. The SMILES string of the molecule is COc1ccc(C(=O)CC(N)CO)cc1. The van der Waals surface area contributed by atoms with Crippen molar-refractivity contribution in [2.24, 2.45) is 5.73 Å². The van der Waals surface area contributed by atoms with Crippen molar-refractivity contribution in [3.63, 3.8) is 0 Å². The van der Waals surface area contributed by atoms with Gasteiger partial charge in [0.25, 0.3) is 0 Å². The van der Waals surface area contributed by atoms with Crippen molar-refractivity contribution in [3.05, 3.63) is 29.8 Å². The third-order valence-electron chi connectivity index (χ3n) is 2.09. The van der Waals surface area contributed by atoms with E-state index in [2.05, 4.69) is 0 Å². The van der Waals surface area contributed by atoms with Crippen LogP contribution in [0.2, 0.25) is 0 Å². The van der Waals surface area contributed by atoms with Crippen molar-refractivity contribution < 1.29 is 14.6 Å². The number of ether oxygens (including phenoxy) is 1. The van der Waals surface area contributed by atoms with Crippen molar-refractivity contribution >= 4 is 5.78 Å². The average molecular weight is 209 g/mol. The lowest BCUT2D eigenvalue weighted by atomic mass is 10.0. The van der Waals surface area contributed by atoms with E-state index in [0.29, 0.717) is 11.3 Å². The van der Waals surface area contributed by atoms with Gasteiger partial charge in [-0.15, -0.1) is 0 Å². The lowest BCUT2D eigenvalue weighted by Crippen LogP contribution is -2.27. The number of nitrogens with two attached hydrogens (primary N) is 1. The summed E-state index contributed by atoms with van der Waals surface area (Å²) in [6.45, 7) is -0.179. The zero-order valence-electron chi connectivity index (χ0n) is 8.64. The standard InChI is InChI=1S/C11H15NO3/c1-15-10-4-2-8(3-5-10)11(14)6-9(12)7-13/h2-5,9,13H,6-7,12H2,1H3. The van der Waals surface area contributed by atoms with E-state index in [0.717, 1.165) is 0 Å². The lowest BCUT2D eigenvalue weighted by Gasteiger charge is -2.07. The van der Waals surface area contributed by atoms with Crippen molar-refractivity contribution in [3.8, 4) is 5.75 Å². The lowest BCUT2D eigenvalue weighted by molar-refractivity contribution is 0.0961. The Morgan fingerprint density at radius 1 is 1.47 bits per heavy atom. The molecule has 3 N–H and O–H groups in total. The zero-order valence-corrected chi connectivity index (χ0v) is 8.64. The minimum Gasteiger partial charge on any atom is -0.497 e. The maximum atomic E-state index is 11.6. The summed E-state index contributed by atoms with van der Waals surface area (Å²) in [6, 6.07) is 6.32. The van der Waals surface area contributed by atoms with Crippen LogP contribution in [0.25, 0.3) is 0 Å². The van der Waals surface area contributed by atoms with Crippen LogP contribution in [0.4, 0.5) is 0 Å². The van der Waals surface area contributed by atoms with Crippen LogP contribution >= 0.6 is 0 Å². The third-order valence-corrected chi connectivity index (χ3v) is 2.09. The van der Waals surface area contributed by atoms with Gasteiger partial charge in [0.1, 0.15) is 5.75 Å². The molecule has 4 heteroatoms. The normalized spacial score (nSPS) is 12.2. The Labute approximate surface area is 88.7 Å². The quantitative estimate of drug-likeness (QED) is 0.696. The van der Waals surface area contributed by atoms with Gasteiger partial charge in [-0.2, -0.15) is 0 Å². The molecule has 0 heterocycles. The summed E-state index contributed by atoms with van der Waals surface area (Å²) in [5, 5.41) is 8.72. The number of benzene rings is 1. The first-order valence-corrected chi connectivity index (χ1v) is 4.71. The third kappa shape index (κ3) is 3.34. The van der Waals surface area contributed by atoms with E-state index in [4.69, 9.17) is 15.6 Å². The number of hydrogen-bond donors (Lipinski definition) is 2. The number of Topliss-reactive ketones (excluding diaryl/α,β-unsaturated/α-hetero) is 1. The summed E-state index contributed by atoms with van der Waals surface area (Å²) in [7, 11) is 1.57. The van der Waals surface area contributed by atoms with E-state index in [1.807, 2.05) is 0 Å². The molecule has 0 fully saturated rings. The predicted molar refractivity (Wildman–Crippen MR) is 57.0 cm³/mol. The molecule has 1 aromatic rings. The Kier molecular flexibility index (Phi) is 4.27. The molecule has 0 aliphatic carbocycles. The fraction of sp³-hybridized carbons (Fsp3) is 0.364. The van der Waals surface area contributed by atoms with Crippen LogP contribution in [-0.2, 0) is 0 Å². The highest BCUT2D eigenvalue weighted by Crippen LogP contribution is 2.12. The first-order chi connectivity index (χ1) is 7.17. The Hall–Kier alpha value is -1.39. The molecule has 0 spiro atoms. The molecule has 0 aliphatic heterocycles. The molecule has 0 aliphatic rings. The van der Waals surface area contributed by atoms with Crippen LogP contribution in [0.1, 0.15) is 16.8 Å². The highest BCUT2D eigenvalue weighted by atomic mass is 16.5. The van der Waals surface area contributed by atoms with Gasteiger partial charge >= 0.3 is 0 Å². The number of aliphatic hydroxyl groups is 1. The minimum atomic E-state index is -0.486. The Bertz CT molecular complexity index is 321. The Balaban J connectivity index is 2.66. The molecule has 0 saturated heterocycles. The fourth-order valence-corrected chi connectivity index (χ4v) is 1.20. The molecule has 4 nitrogen and oxygen atoms in total. The van der Waals surface area contributed by atoms with Gasteiger partial charge in [-0.3, -0.25) is 4.79 Å². The number of methoxy groups -OCH3 is 1. The summed E-state index contributed by atoms with van der Waals surface area (Å²) in [5.41, 5.74) is 6.05. The number of rotatable bonds is 5. The van der Waals surface area contributed by atoms with Crippen molar-refractivity contribution in [1.29, 1.82) is 0 Å². The molecule has 15 heavy (non-hydrogen) atoms. The van der Waals surface area contributed by atoms with E-state index in [-0.39, 0.29) is 18.8 Å². The van der Waals surface area contributed by atoms with Crippen LogP contribution in [0.15, 0.2) is 24.3 Å². The second-order valence-electron chi connectivity index (χ2n) is 3.30. The van der Waals surface area contributed by atoms with Gasteiger partial charge in [-0.1, -0.05) is 0 Å². The largest absolute Gasteiger partial charge is 0.497 e. The molecule has 0 bridgehead atoms. The predicted octanol–water partition coefficient (Wildman–Crippen LogP) is 0.588. The molecule has 1 rings (SSSR count). The summed E-state index contributed by atoms with van der Waals surface area (Å²) in [6.07, 6.45) is 0.156. The summed E-state index contributed by atoms with van der Waals surface area (Å²) in [5.74, 6) is 0.636. The second kappa shape index (κ2) is 5.48. The fourth-order valence-electron chi connectivity index (χ4n) is 1.20. The van der Waals surface area contributed by atoms with E-state index in [9.17, 15) is 4.79 Å². The van der Waals surface area contributed by atoms with Gasteiger partial charge < -0.3 is 15.6 Å². The summed E-state index contributed by atoms with van der Waals surface area (Å²) >= 11 is 0. The number of carbonyl (C=O) groups is 1. The minimum absolute atomic E-state index is 0.0702. The molecule has 1 atom stereocenters. The van der Waals surface area contributed by atoms with Crippen LogP contribution in [0.3, 0.4) is 0 Å². The molecule has 1 unspecified atom stereocenters. The van der Waals surface area contributed by atoms with Gasteiger partial charge in [0.2, 0.25) is 0 Å². The molecular weight excluding hydrogens is 194 g/mol. The van der Waals surface area contributed by atoms with Crippen LogP contribution in [0, 0.1) is 0 Å². The van der Waals surface area contributed by atoms with Crippen molar-refractivity contribution in [1.82, 2.24) is 0 Å². The monoisotopic (exact) mass is 209 g/mol. The number of aliphatic hydroxyl groups excluding tert-OH is 1. The maximum absolute atomic E-state index is 11.6. The molecule has 82 valence electrons. The Morgan fingerprint density at radius 3 is 2.53 bits per heavy atom. The van der Waals surface area contributed by atoms with E-state index < -0.39 is 6.04 Å². The topological polar surface area (TPSA) is 72.5 Å². The number of ketones is 1.